The SMILES string of the molecule is O=C(C[C@@H](Cc1ccccc1)C(=O)N[C@@H](Cc1cnc[nH]1)C(=O)O)c1cccc(S(=O)(=O)N2CCOCC2)c1. The topological polar surface area (TPSA) is 159 Å². The lowest BCUT2D eigenvalue weighted by atomic mass is 9.91. The van der Waals surface area contributed by atoms with Gasteiger partial charge in [0.25, 0.3) is 0 Å². The Kier molecular flexibility index (Phi) is 9.23. The van der Waals surface area contributed by atoms with Crippen LogP contribution in [-0.4, -0.2) is 77.8 Å². The number of amides is 1. The molecule has 3 N–H and O–H groups in total. The number of nitrogens with one attached hydrogen (secondary N) is 2. The fourth-order valence-electron chi connectivity index (χ4n) is 4.37. The predicted molar refractivity (Wildman–Crippen MR) is 140 cm³/mol. The molecular weight excluding hydrogens is 524 g/mol. The molecule has 1 amide bonds. The minimum absolute atomic E-state index is 0.00544. The molecule has 11 nitrogen and oxygen atoms in total. The Hall–Kier alpha value is -3.87. The fraction of sp³-hybridized carbons (Fsp3) is 0.333. The summed E-state index contributed by atoms with van der Waals surface area (Å²) in [6.45, 7) is 1.05. The number of morpholine rings is 1. The van der Waals surface area contributed by atoms with Gasteiger partial charge < -0.3 is 20.1 Å². The van der Waals surface area contributed by atoms with Crippen LogP contribution < -0.4 is 5.32 Å². The van der Waals surface area contributed by atoms with Crippen LogP contribution in [0.1, 0.15) is 28.0 Å². The van der Waals surface area contributed by atoms with Crippen LogP contribution in [0.2, 0.25) is 0 Å². The number of imidazole rings is 1. The summed E-state index contributed by atoms with van der Waals surface area (Å²) in [5.41, 5.74) is 1.49. The molecule has 4 rings (SSSR count). The van der Waals surface area contributed by atoms with Crippen molar-refractivity contribution in [1.29, 1.82) is 0 Å². The van der Waals surface area contributed by atoms with Crippen LogP contribution in [0.25, 0.3) is 0 Å². The maximum atomic E-state index is 13.3. The number of aliphatic carboxylic acids is 1. The molecule has 1 aromatic heterocycles. The quantitative estimate of drug-likeness (QED) is 0.285. The van der Waals surface area contributed by atoms with Gasteiger partial charge in [-0.3, -0.25) is 9.59 Å². The van der Waals surface area contributed by atoms with Gasteiger partial charge in [-0.15, -0.1) is 0 Å². The molecule has 1 saturated heterocycles. The number of aromatic nitrogens is 2. The van der Waals surface area contributed by atoms with Crippen LogP contribution in [0.15, 0.2) is 72.0 Å². The normalized spacial score (nSPS) is 15.8. The van der Waals surface area contributed by atoms with Gasteiger partial charge in [-0.05, 0) is 24.1 Å². The highest BCUT2D eigenvalue weighted by molar-refractivity contribution is 7.89. The van der Waals surface area contributed by atoms with E-state index in [0.29, 0.717) is 18.9 Å². The Morgan fingerprint density at radius 3 is 2.46 bits per heavy atom. The van der Waals surface area contributed by atoms with Crippen LogP contribution in [0.5, 0.6) is 0 Å². The van der Waals surface area contributed by atoms with E-state index in [-0.39, 0.29) is 42.8 Å². The minimum atomic E-state index is -3.81. The lowest BCUT2D eigenvalue weighted by molar-refractivity contribution is -0.142. The monoisotopic (exact) mass is 554 g/mol. The number of hydrogen-bond donors (Lipinski definition) is 3. The van der Waals surface area contributed by atoms with Crippen molar-refractivity contribution in [3.63, 3.8) is 0 Å². The second-order valence-electron chi connectivity index (χ2n) is 9.24. The molecule has 3 aromatic rings. The summed E-state index contributed by atoms with van der Waals surface area (Å²) < 4.78 is 32.7. The summed E-state index contributed by atoms with van der Waals surface area (Å²) in [6, 6.07) is 13.6. The predicted octanol–water partition coefficient (Wildman–Crippen LogP) is 1.67. The third-order valence-corrected chi connectivity index (χ3v) is 8.38. The zero-order valence-corrected chi connectivity index (χ0v) is 22.0. The number of rotatable bonds is 12. The van der Waals surface area contributed by atoms with Gasteiger partial charge in [0, 0.05) is 49.3 Å². The number of ketones is 1. The van der Waals surface area contributed by atoms with E-state index in [0.717, 1.165) is 5.56 Å². The lowest BCUT2D eigenvalue weighted by Crippen LogP contribution is -2.45. The van der Waals surface area contributed by atoms with Crippen molar-refractivity contribution in [2.45, 2.75) is 30.2 Å². The summed E-state index contributed by atoms with van der Waals surface area (Å²) in [5, 5.41) is 12.2. The molecule has 1 fully saturated rings. The number of carbonyl (C=O) groups is 3. The number of hydrogen-bond acceptors (Lipinski definition) is 7. The van der Waals surface area contributed by atoms with Crippen LogP contribution in [0, 0.1) is 5.92 Å². The van der Waals surface area contributed by atoms with E-state index in [9.17, 15) is 27.9 Å². The molecule has 39 heavy (non-hydrogen) atoms. The summed E-state index contributed by atoms with van der Waals surface area (Å²) >= 11 is 0. The van der Waals surface area contributed by atoms with E-state index in [1.165, 1.54) is 41.1 Å². The maximum absolute atomic E-state index is 13.3. The maximum Gasteiger partial charge on any atom is 0.326 e. The van der Waals surface area contributed by atoms with Crippen molar-refractivity contribution in [2.75, 3.05) is 26.3 Å². The Balaban J connectivity index is 1.53. The number of ether oxygens (including phenoxy) is 1. The number of carboxylic acid groups (broad SMARTS) is 1. The summed E-state index contributed by atoms with van der Waals surface area (Å²) in [4.78, 5) is 45.2. The van der Waals surface area contributed by atoms with Gasteiger partial charge >= 0.3 is 5.97 Å². The number of Topliss-reactive ketones (excluding diaryl/α,β-unsaturated/α-hetero) is 1. The number of aromatic amines is 1. The van der Waals surface area contributed by atoms with E-state index in [1.807, 2.05) is 30.3 Å². The Labute approximate surface area is 226 Å². The average molecular weight is 555 g/mol. The van der Waals surface area contributed by atoms with Crippen molar-refractivity contribution >= 4 is 27.7 Å². The van der Waals surface area contributed by atoms with Crippen molar-refractivity contribution in [1.82, 2.24) is 19.6 Å². The molecule has 1 aliphatic heterocycles. The summed E-state index contributed by atoms with van der Waals surface area (Å²) in [7, 11) is -3.81. The van der Waals surface area contributed by atoms with Crippen LogP contribution >= 0.6 is 0 Å². The molecule has 1 aliphatic rings. The van der Waals surface area contributed by atoms with Crippen LogP contribution in [0.3, 0.4) is 0 Å². The number of H-pyrrole nitrogens is 1. The highest BCUT2D eigenvalue weighted by Crippen LogP contribution is 2.22. The smallest absolute Gasteiger partial charge is 0.326 e. The first-order valence-corrected chi connectivity index (χ1v) is 13.9. The fourth-order valence-corrected chi connectivity index (χ4v) is 5.82. The molecule has 2 atom stereocenters. The number of nitrogens with zero attached hydrogens (tertiary/aromatic N) is 2. The molecule has 2 heterocycles. The molecule has 0 bridgehead atoms. The van der Waals surface area contributed by atoms with Gasteiger partial charge in [0.05, 0.1) is 24.4 Å². The third kappa shape index (κ3) is 7.37. The molecule has 2 aromatic carbocycles. The minimum Gasteiger partial charge on any atom is -0.480 e. The second-order valence-corrected chi connectivity index (χ2v) is 11.2. The molecule has 0 aliphatic carbocycles. The Morgan fingerprint density at radius 2 is 1.79 bits per heavy atom. The Morgan fingerprint density at radius 1 is 1.05 bits per heavy atom. The average Bonchev–Trinajstić information content (AvgIpc) is 3.46. The van der Waals surface area contributed by atoms with E-state index in [1.54, 1.807) is 0 Å². The van der Waals surface area contributed by atoms with Crippen molar-refractivity contribution in [2.24, 2.45) is 5.92 Å². The highest BCUT2D eigenvalue weighted by Gasteiger charge is 2.30. The van der Waals surface area contributed by atoms with Gasteiger partial charge in [0.1, 0.15) is 6.04 Å². The van der Waals surface area contributed by atoms with Crippen LogP contribution in [0.4, 0.5) is 0 Å². The summed E-state index contributed by atoms with van der Waals surface area (Å²) in [5.74, 6) is -3.12. The van der Waals surface area contributed by atoms with Gasteiger partial charge in [-0.1, -0.05) is 42.5 Å². The number of carbonyl (C=O) groups excluding carboxylic acids is 2. The van der Waals surface area contributed by atoms with E-state index in [2.05, 4.69) is 15.3 Å². The lowest BCUT2D eigenvalue weighted by Gasteiger charge is -2.26. The number of carboxylic acids is 1. The van der Waals surface area contributed by atoms with E-state index in [4.69, 9.17) is 4.74 Å². The zero-order chi connectivity index (χ0) is 27.8. The molecule has 12 heteroatoms. The van der Waals surface area contributed by atoms with E-state index < -0.39 is 39.6 Å². The Bertz CT molecular complexity index is 1390. The number of sulfonamides is 1. The second kappa shape index (κ2) is 12.8. The third-order valence-electron chi connectivity index (χ3n) is 6.48. The summed E-state index contributed by atoms with van der Waals surface area (Å²) in [6.07, 6.45) is 2.85. The zero-order valence-electron chi connectivity index (χ0n) is 21.2. The molecule has 0 radical (unpaired) electrons. The van der Waals surface area contributed by atoms with Gasteiger partial charge in [-0.2, -0.15) is 4.31 Å². The van der Waals surface area contributed by atoms with Gasteiger partial charge in [0.2, 0.25) is 15.9 Å². The van der Waals surface area contributed by atoms with Crippen molar-refractivity contribution < 1.29 is 32.6 Å². The van der Waals surface area contributed by atoms with Crippen LogP contribution in [-0.2, 0) is 37.2 Å². The number of benzene rings is 2. The van der Waals surface area contributed by atoms with Gasteiger partial charge in [0.15, 0.2) is 5.78 Å². The van der Waals surface area contributed by atoms with E-state index >= 15 is 0 Å². The van der Waals surface area contributed by atoms with Gasteiger partial charge in [-0.25, -0.2) is 18.2 Å². The first-order valence-electron chi connectivity index (χ1n) is 12.5. The molecule has 0 spiro atoms. The van der Waals surface area contributed by atoms with Crippen molar-refractivity contribution in [3.05, 3.63) is 83.9 Å². The molecule has 206 valence electrons. The molecule has 0 saturated carbocycles. The first-order chi connectivity index (χ1) is 18.7. The van der Waals surface area contributed by atoms with Crippen molar-refractivity contribution in [3.8, 4) is 0 Å². The highest BCUT2D eigenvalue weighted by atomic mass is 32.2. The molecule has 0 unspecified atom stereocenters. The largest absolute Gasteiger partial charge is 0.480 e. The standard InChI is InChI=1S/C27H30N4O7S/c32-25(20-7-4-8-23(14-20)39(36,37)31-9-11-38-12-10-31)15-21(13-19-5-2-1-3-6-19)26(33)30-24(27(34)35)16-22-17-28-18-29-22/h1-8,14,17-18,21,24H,9-13,15-16H2,(H,28,29)(H,30,33)(H,34,35)/t21-,24+/m1/s1. The molecular formula is C27H30N4O7S. The first kappa shape index (κ1) is 28.1.